The molecule has 5 heteroatoms. The summed E-state index contributed by atoms with van der Waals surface area (Å²) in [7, 11) is 0. The molecule has 0 atom stereocenters. The number of nitrogens with zero attached hydrogens (tertiary/aromatic N) is 1. The summed E-state index contributed by atoms with van der Waals surface area (Å²) < 4.78 is 1.18. The summed E-state index contributed by atoms with van der Waals surface area (Å²) in [5.74, 6) is -1.09. The molecule has 0 saturated carbocycles. The average Bonchev–Trinajstić information content (AvgIpc) is 2.22. The van der Waals surface area contributed by atoms with Gasteiger partial charge in [-0.05, 0) is 18.9 Å². The van der Waals surface area contributed by atoms with E-state index in [4.69, 9.17) is 5.11 Å². The van der Waals surface area contributed by atoms with Gasteiger partial charge in [0, 0.05) is 23.7 Å². The van der Waals surface area contributed by atoms with Gasteiger partial charge in [0.2, 0.25) is 0 Å². The number of hydrogen-bond acceptors (Lipinski definition) is 3. The monoisotopic (exact) mass is 221 g/mol. The number of carboxylic acid groups (broad SMARTS) is 1. The highest BCUT2D eigenvalue weighted by molar-refractivity contribution is 5.98. The largest absolute Gasteiger partial charge is 0.480 e. The summed E-state index contributed by atoms with van der Waals surface area (Å²) in [5, 5.41) is 8.71. The number of Topliss-reactive ketones (excluding diaryl/α,β-unsaturated/α-hetero) is 1. The van der Waals surface area contributed by atoms with Gasteiger partial charge in [-0.25, -0.2) is 0 Å². The Morgan fingerprint density at radius 3 is 2.75 bits per heavy atom. The maximum atomic E-state index is 11.6. The van der Waals surface area contributed by atoms with Gasteiger partial charge in [0.15, 0.2) is 5.78 Å². The third-order valence-electron chi connectivity index (χ3n) is 2.71. The Labute approximate surface area is 91.3 Å². The van der Waals surface area contributed by atoms with Crippen molar-refractivity contribution in [1.82, 2.24) is 4.57 Å². The van der Waals surface area contributed by atoms with Crippen molar-refractivity contribution in [2.24, 2.45) is 0 Å². The van der Waals surface area contributed by atoms with E-state index in [0.29, 0.717) is 30.5 Å². The minimum atomic E-state index is -1.08. The number of carbonyl (C=O) groups is 2. The highest BCUT2D eigenvalue weighted by Gasteiger charge is 2.21. The van der Waals surface area contributed by atoms with E-state index in [9.17, 15) is 14.4 Å². The third-order valence-corrected chi connectivity index (χ3v) is 2.71. The van der Waals surface area contributed by atoms with Gasteiger partial charge in [0.25, 0.3) is 5.56 Å². The zero-order chi connectivity index (χ0) is 11.7. The molecule has 1 N–H and O–H groups in total. The number of hydrogen-bond donors (Lipinski definition) is 1. The maximum absolute atomic E-state index is 11.6. The Balaban J connectivity index is 2.58. The van der Waals surface area contributed by atoms with E-state index in [0.717, 1.165) is 0 Å². The Hall–Kier alpha value is -1.91. The van der Waals surface area contributed by atoms with E-state index in [1.54, 1.807) is 0 Å². The first-order valence-electron chi connectivity index (χ1n) is 5.07. The number of aromatic nitrogens is 1. The molecule has 1 aliphatic rings. The lowest BCUT2D eigenvalue weighted by molar-refractivity contribution is -0.137. The quantitative estimate of drug-likeness (QED) is 0.786. The van der Waals surface area contributed by atoms with Crippen LogP contribution in [0, 0.1) is 0 Å². The van der Waals surface area contributed by atoms with Crippen LogP contribution in [0.15, 0.2) is 16.9 Å². The Morgan fingerprint density at radius 1 is 1.31 bits per heavy atom. The molecule has 1 aliphatic carbocycles. The fourth-order valence-electron chi connectivity index (χ4n) is 2.00. The number of carboxylic acids is 1. The lowest BCUT2D eigenvalue weighted by Crippen LogP contribution is -2.30. The predicted octanol–water partition coefficient (Wildman–Crippen LogP) is 0.452. The lowest BCUT2D eigenvalue weighted by Gasteiger charge is -2.18. The van der Waals surface area contributed by atoms with Gasteiger partial charge in [-0.1, -0.05) is 0 Å². The number of ketones is 1. The van der Waals surface area contributed by atoms with E-state index in [1.807, 2.05) is 0 Å². The van der Waals surface area contributed by atoms with Crippen molar-refractivity contribution in [3.05, 3.63) is 33.7 Å². The van der Waals surface area contributed by atoms with Crippen molar-refractivity contribution >= 4 is 11.8 Å². The molecule has 16 heavy (non-hydrogen) atoms. The van der Waals surface area contributed by atoms with Gasteiger partial charge in [-0.15, -0.1) is 0 Å². The van der Waals surface area contributed by atoms with Crippen molar-refractivity contribution in [3.8, 4) is 0 Å². The molecule has 1 aromatic heterocycles. The van der Waals surface area contributed by atoms with Crippen LogP contribution >= 0.6 is 0 Å². The van der Waals surface area contributed by atoms with Crippen LogP contribution in [0.1, 0.15) is 28.9 Å². The summed E-state index contributed by atoms with van der Waals surface area (Å²) in [4.78, 5) is 33.7. The summed E-state index contributed by atoms with van der Waals surface area (Å²) >= 11 is 0. The Bertz CT molecular complexity index is 515. The lowest BCUT2D eigenvalue weighted by atomic mass is 9.94. The second-order valence-electron chi connectivity index (χ2n) is 3.79. The maximum Gasteiger partial charge on any atom is 0.323 e. The minimum Gasteiger partial charge on any atom is -0.480 e. The van der Waals surface area contributed by atoms with Crippen LogP contribution in [0.4, 0.5) is 0 Å². The molecule has 0 unspecified atom stereocenters. The van der Waals surface area contributed by atoms with Crippen molar-refractivity contribution in [3.63, 3.8) is 0 Å². The van der Waals surface area contributed by atoms with Crippen LogP contribution in [-0.2, 0) is 17.8 Å². The number of aliphatic carboxylic acids is 1. The molecule has 0 fully saturated rings. The molecular formula is C11H11NO4. The van der Waals surface area contributed by atoms with Crippen molar-refractivity contribution < 1.29 is 14.7 Å². The van der Waals surface area contributed by atoms with E-state index >= 15 is 0 Å². The zero-order valence-corrected chi connectivity index (χ0v) is 8.60. The highest BCUT2D eigenvalue weighted by Crippen LogP contribution is 2.19. The SMILES string of the molecule is O=C(O)Cn1c2c(ccc1=O)C(=O)CCC2. The first-order chi connectivity index (χ1) is 7.59. The fourth-order valence-corrected chi connectivity index (χ4v) is 2.00. The summed E-state index contributed by atoms with van der Waals surface area (Å²) in [5.41, 5.74) is 0.689. The summed E-state index contributed by atoms with van der Waals surface area (Å²) in [6, 6.07) is 2.75. The normalized spacial score (nSPS) is 14.6. The van der Waals surface area contributed by atoms with Crippen LogP contribution in [0.3, 0.4) is 0 Å². The van der Waals surface area contributed by atoms with E-state index in [-0.39, 0.29) is 17.9 Å². The zero-order valence-electron chi connectivity index (χ0n) is 8.60. The predicted molar refractivity (Wildman–Crippen MR) is 55.6 cm³/mol. The molecule has 84 valence electrons. The topological polar surface area (TPSA) is 76.4 Å². The number of carbonyl (C=O) groups excluding carboxylic acids is 1. The Kier molecular flexibility index (Phi) is 2.60. The molecule has 1 heterocycles. The first kappa shape index (κ1) is 10.6. The van der Waals surface area contributed by atoms with Gasteiger partial charge in [-0.2, -0.15) is 0 Å². The van der Waals surface area contributed by atoms with Crippen LogP contribution in [0.2, 0.25) is 0 Å². The second kappa shape index (κ2) is 3.92. The van der Waals surface area contributed by atoms with Gasteiger partial charge >= 0.3 is 5.97 Å². The van der Waals surface area contributed by atoms with E-state index in [2.05, 4.69) is 0 Å². The van der Waals surface area contributed by atoms with Crippen LogP contribution in [-0.4, -0.2) is 21.4 Å². The molecule has 1 aromatic rings. The minimum absolute atomic E-state index is 0.0135. The van der Waals surface area contributed by atoms with Crippen LogP contribution in [0.25, 0.3) is 0 Å². The third kappa shape index (κ3) is 1.76. The van der Waals surface area contributed by atoms with Crippen molar-refractivity contribution in [2.75, 3.05) is 0 Å². The van der Waals surface area contributed by atoms with Gasteiger partial charge < -0.3 is 9.67 Å². The molecule has 0 bridgehead atoms. The molecule has 0 radical (unpaired) electrons. The molecule has 5 nitrogen and oxygen atoms in total. The average molecular weight is 221 g/mol. The smallest absolute Gasteiger partial charge is 0.323 e. The molecule has 0 aromatic carbocycles. The standard InChI is InChI=1S/C11H11NO4/c13-9-3-1-2-8-7(9)4-5-10(14)12(8)6-11(15)16/h4-5H,1-3,6H2,(H,15,16). The van der Waals surface area contributed by atoms with Gasteiger partial charge in [0.1, 0.15) is 6.54 Å². The second-order valence-corrected chi connectivity index (χ2v) is 3.79. The van der Waals surface area contributed by atoms with Crippen LogP contribution < -0.4 is 5.56 Å². The summed E-state index contributed by atoms with van der Waals surface area (Å²) in [6.07, 6.45) is 1.73. The molecule has 0 aliphatic heterocycles. The van der Waals surface area contributed by atoms with Crippen molar-refractivity contribution in [1.29, 1.82) is 0 Å². The fraction of sp³-hybridized carbons (Fsp3) is 0.364. The van der Waals surface area contributed by atoms with Crippen molar-refractivity contribution in [2.45, 2.75) is 25.8 Å². The van der Waals surface area contributed by atoms with Crippen LogP contribution in [0.5, 0.6) is 0 Å². The molecule has 0 saturated heterocycles. The number of pyridine rings is 1. The molecule has 2 rings (SSSR count). The first-order valence-corrected chi connectivity index (χ1v) is 5.07. The number of rotatable bonds is 2. The molecule has 0 spiro atoms. The van der Waals surface area contributed by atoms with E-state index < -0.39 is 5.97 Å². The van der Waals surface area contributed by atoms with E-state index in [1.165, 1.54) is 16.7 Å². The number of fused-ring (bicyclic) bond motifs is 1. The van der Waals surface area contributed by atoms with Gasteiger partial charge in [0.05, 0.1) is 0 Å². The Morgan fingerprint density at radius 2 is 2.06 bits per heavy atom. The molecule has 0 amide bonds. The molecular weight excluding hydrogens is 210 g/mol. The highest BCUT2D eigenvalue weighted by atomic mass is 16.4. The van der Waals surface area contributed by atoms with Gasteiger partial charge in [-0.3, -0.25) is 14.4 Å². The summed E-state index contributed by atoms with van der Waals surface area (Å²) in [6.45, 7) is -0.380.